The van der Waals surface area contributed by atoms with Crippen LogP contribution < -0.4 is 5.73 Å². The van der Waals surface area contributed by atoms with Gasteiger partial charge in [0.2, 0.25) is 0 Å². The van der Waals surface area contributed by atoms with Crippen molar-refractivity contribution in [2.75, 3.05) is 13.1 Å². The number of carbonyl (C=O) groups excluding carboxylic acids is 2. The molecule has 0 aliphatic carbocycles. The van der Waals surface area contributed by atoms with Crippen molar-refractivity contribution in [3.8, 4) is 0 Å². The Bertz CT molecular complexity index is 435. The number of rotatable bonds is 1. The Morgan fingerprint density at radius 2 is 1.82 bits per heavy atom. The molecular formula is C15H27N3O4. The van der Waals surface area contributed by atoms with Crippen molar-refractivity contribution in [2.45, 2.75) is 65.1 Å². The Morgan fingerprint density at radius 3 is 2.36 bits per heavy atom. The van der Waals surface area contributed by atoms with E-state index in [1.165, 1.54) is 0 Å². The Balaban J connectivity index is 2.25. The molecule has 2 amide bonds. The Labute approximate surface area is 131 Å². The first-order valence-electron chi connectivity index (χ1n) is 7.96. The van der Waals surface area contributed by atoms with E-state index in [2.05, 4.69) is 42.4 Å². The Hall–Kier alpha value is -1.50. The summed E-state index contributed by atoms with van der Waals surface area (Å²) in [7, 11) is 0. The summed E-state index contributed by atoms with van der Waals surface area (Å²) in [6.45, 7) is 10.6. The van der Waals surface area contributed by atoms with Gasteiger partial charge in [0, 0.05) is 25.2 Å². The summed E-state index contributed by atoms with van der Waals surface area (Å²) in [5, 5.41) is 0. The fourth-order valence-electron chi connectivity index (χ4n) is 4.04. The maximum absolute atomic E-state index is 12.4. The summed E-state index contributed by atoms with van der Waals surface area (Å²) in [6.07, 6.45) is 0.910. The summed E-state index contributed by atoms with van der Waals surface area (Å²) >= 11 is 0. The van der Waals surface area contributed by atoms with Gasteiger partial charge in [-0.3, -0.25) is 9.80 Å². The highest BCUT2D eigenvalue weighted by Crippen LogP contribution is 2.39. The van der Waals surface area contributed by atoms with Gasteiger partial charge < -0.3 is 5.73 Å². The van der Waals surface area contributed by atoms with E-state index >= 15 is 0 Å². The number of amides is 2. The number of primary amides is 1. The van der Waals surface area contributed by atoms with Crippen LogP contribution in [0.2, 0.25) is 0 Å². The minimum absolute atomic E-state index is 0.0485. The maximum Gasteiger partial charge on any atom is 0.453 e. The van der Waals surface area contributed by atoms with Crippen LogP contribution in [0.15, 0.2) is 0 Å². The van der Waals surface area contributed by atoms with E-state index in [0.717, 1.165) is 32.4 Å². The number of nitrogens with two attached hydrogens (primary N) is 1. The van der Waals surface area contributed by atoms with Crippen LogP contribution in [-0.4, -0.2) is 53.2 Å². The second kappa shape index (κ2) is 6.32. The third-order valence-electron chi connectivity index (χ3n) is 4.73. The number of fused-ring (bicyclic) bond motifs is 2. The van der Waals surface area contributed by atoms with E-state index in [-0.39, 0.29) is 23.5 Å². The van der Waals surface area contributed by atoms with Crippen molar-refractivity contribution in [3.63, 3.8) is 0 Å². The topological polar surface area (TPSA) is 85.1 Å². The van der Waals surface area contributed by atoms with Gasteiger partial charge in [0.25, 0.3) is 0 Å². The van der Waals surface area contributed by atoms with Gasteiger partial charge in [-0.15, -0.1) is 0 Å². The summed E-state index contributed by atoms with van der Waals surface area (Å²) in [4.78, 5) is 36.2. The number of nitrogens with zero attached hydrogens (tertiary/aromatic N) is 2. The molecule has 4 atom stereocenters. The molecule has 2 aliphatic rings. The van der Waals surface area contributed by atoms with Crippen molar-refractivity contribution in [3.05, 3.63) is 0 Å². The highest BCUT2D eigenvalue weighted by Gasteiger charge is 2.49. The molecule has 2 fully saturated rings. The zero-order valence-electron chi connectivity index (χ0n) is 13.9. The van der Waals surface area contributed by atoms with Crippen LogP contribution in [0.5, 0.6) is 0 Å². The lowest BCUT2D eigenvalue weighted by Crippen LogP contribution is -2.53. The van der Waals surface area contributed by atoms with E-state index < -0.39 is 12.2 Å². The van der Waals surface area contributed by atoms with Gasteiger partial charge in [-0.05, 0) is 24.7 Å². The first-order valence-corrected chi connectivity index (χ1v) is 7.96. The van der Waals surface area contributed by atoms with Gasteiger partial charge in [0.1, 0.15) is 0 Å². The molecular weight excluding hydrogens is 286 g/mol. The monoisotopic (exact) mass is 313 g/mol. The van der Waals surface area contributed by atoms with Crippen LogP contribution in [0.25, 0.3) is 0 Å². The Morgan fingerprint density at radius 1 is 1.18 bits per heavy atom. The van der Waals surface area contributed by atoms with Gasteiger partial charge in [0.05, 0.1) is 6.04 Å². The highest BCUT2D eigenvalue weighted by atomic mass is 17.2. The van der Waals surface area contributed by atoms with Crippen LogP contribution in [0.4, 0.5) is 9.59 Å². The van der Waals surface area contributed by atoms with E-state index in [1.54, 1.807) is 4.90 Å². The molecule has 4 unspecified atom stereocenters. The molecule has 0 spiro atoms. The number of carbonyl (C=O) groups is 2. The zero-order valence-corrected chi connectivity index (χ0v) is 13.9. The summed E-state index contributed by atoms with van der Waals surface area (Å²) < 4.78 is 0. The van der Waals surface area contributed by atoms with Crippen molar-refractivity contribution < 1.29 is 19.4 Å². The largest absolute Gasteiger partial charge is 0.453 e. The van der Waals surface area contributed by atoms with E-state index in [1.807, 2.05) is 0 Å². The third-order valence-corrected chi connectivity index (χ3v) is 4.73. The second-order valence-electron chi connectivity index (χ2n) is 7.21. The SMILES string of the molecule is CCC1CCN2CCC(C2C(C)(C)C)N1C(=O)OOC(N)=O. The van der Waals surface area contributed by atoms with Crippen molar-refractivity contribution >= 4 is 12.2 Å². The van der Waals surface area contributed by atoms with Crippen molar-refractivity contribution in [1.29, 1.82) is 0 Å². The number of hydrogen-bond acceptors (Lipinski definition) is 5. The van der Waals surface area contributed by atoms with Crippen LogP contribution in [0.1, 0.15) is 47.0 Å². The zero-order chi connectivity index (χ0) is 16.5. The van der Waals surface area contributed by atoms with Crippen molar-refractivity contribution in [2.24, 2.45) is 11.1 Å². The van der Waals surface area contributed by atoms with Gasteiger partial charge >= 0.3 is 12.2 Å². The quantitative estimate of drug-likeness (QED) is 0.592. The van der Waals surface area contributed by atoms with Crippen molar-refractivity contribution in [1.82, 2.24) is 9.80 Å². The lowest BCUT2D eigenvalue weighted by atomic mass is 9.82. The van der Waals surface area contributed by atoms with Gasteiger partial charge in [-0.2, -0.15) is 0 Å². The van der Waals surface area contributed by atoms with Crippen LogP contribution in [-0.2, 0) is 9.78 Å². The normalized spacial score (nSPS) is 31.5. The third kappa shape index (κ3) is 3.29. The van der Waals surface area contributed by atoms with E-state index in [9.17, 15) is 9.59 Å². The molecule has 7 nitrogen and oxygen atoms in total. The maximum atomic E-state index is 12.4. The summed E-state index contributed by atoms with van der Waals surface area (Å²) in [5.41, 5.74) is 4.92. The fraction of sp³-hybridized carbons (Fsp3) is 0.867. The minimum Gasteiger partial charge on any atom is -0.332 e. The van der Waals surface area contributed by atoms with Gasteiger partial charge in [-0.1, -0.05) is 27.7 Å². The minimum atomic E-state index is -1.11. The lowest BCUT2D eigenvalue weighted by Gasteiger charge is -2.40. The first-order chi connectivity index (χ1) is 10.3. The van der Waals surface area contributed by atoms with Gasteiger partial charge in [-0.25, -0.2) is 19.4 Å². The average Bonchev–Trinajstić information content (AvgIpc) is 2.74. The molecule has 0 aromatic rings. The highest BCUT2D eigenvalue weighted by molar-refractivity contribution is 5.70. The molecule has 0 saturated carbocycles. The smallest absolute Gasteiger partial charge is 0.332 e. The molecule has 2 aliphatic heterocycles. The lowest BCUT2D eigenvalue weighted by molar-refractivity contribution is -0.190. The molecule has 0 radical (unpaired) electrons. The molecule has 7 heteroatoms. The fourth-order valence-corrected chi connectivity index (χ4v) is 4.04. The molecule has 126 valence electrons. The Kier molecular flexibility index (Phi) is 4.84. The predicted molar refractivity (Wildman–Crippen MR) is 80.9 cm³/mol. The van der Waals surface area contributed by atoms with Gasteiger partial charge in [0.15, 0.2) is 0 Å². The molecule has 2 heterocycles. The summed E-state index contributed by atoms with van der Waals surface area (Å²) in [5.74, 6) is 0. The molecule has 2 bridgehead atoms. The number of hydrogen-bond donors (Lipinski definition) is 1. The standard InChI is InChI=1S/C15H27N3O4/c1-5-10-6-8-17-9-7-11(12(17)15(2,3)4)18(10)14(20)22-21-13(16)19/h10-12H,5-9H2,1-4H3,(H2,16,19). The van der Waals surface area contributed by atoms with Crippen LogP contribution in [0.3, 0.4) is 0 Å². The molecule has 2 N–H and O–H groups in total. The van der Waals surface area contributed by atoms with E-state index in [4.69, 9.17) is 5.73 Å². The first kappa shape index (κ1) is 16.9. The molecule has 22 heavy (non-hydrogen) atoms. The van der Waals surface area contributed by atoms with Crippen LogP contribution in [0, 0.1) is 5.41 Å². The molecule has 0 aromatic heterocycles. The van der Waals surface area contributed by atoms with Crippen LogP contribution >= 0.6 is 0 Å². The summed E-state index contributed by atoms with van der Waals surface area (Å²) in [6, 6.07) is 0.422. The molecule has 2 rings (SSSR count). The molecule has 2 saturated heterocycles. The second-order valence-corrected chi connectivity index (χ2v) is 7.21. The molecule has 0 aromatic carbocycles. The average molecular weight is 313 g/mol. The predicted octanol–water partition coefficient (Wildman–Crippen LogP) is 2.11. The van der Waals surface area contributed by atoms with E-state index in [0.29, 0.717) is 0 Å².